The van der Waals surface area contributed by atoms with Gasteiger partial charge >= 0.3 is 27.6 Å². The second kappa shape index (κ2) is 13.2. The highest BCUT2D eigenvalue weighted by atomic mass is 32.2. The van der Waals surface area contributed by atoms with Gasteiger partial charge in [0, 0.05) is 22.0 Å². The van der Waals surface area contributed by atoms with Gasteiger partial charge in [0.1, 0.15) is 11.5 Å². The normalized spacial score (nSPS) is 17.2. The highest BCUT2D eigenvalue weighted by Gasteiger charge is 2.49. The van der Waals surface area contributed by atoms with Gasteiger partial charge in [-0.2, -0.15) is 21.6 Å². The smallest absolute Gasteiger partial charge is 0.508 e. The van der Waals surface area contributed by atoms with Crippen molar-refractivity contribution in [2.45, 2.75) is 67.7 Å². The lowest BCUT2D eigenvalue weighted by Gasteiger charge is -2.28. The molecule has 0 amide bonds. The molecule has 0 heterocycles. The average molecular weight is 625 g/mol. The molecule has 4 rings (SSSR count). The molecule has 0 radical (unpaired) electrons. The summed E-state index contributed by atoms with van der Waals surface area (Å²) in [5, 5.41) is 10.0. The Hall–Kier alpha value is -3.80. The quantitative estimate of drug-likeness (QED) is 0.146. The largest absolute Gasteiger partial charge is 0.534 e. The van der Waals surface area contributed by atoms with E-state index in [1.54, 1.807) is 24.3 Å². The monoisotopic (exact) mass is 624 g/mol. The van der Waals surface area contributed by atoms with E-state index in [-0.39, 0.29) is 28.3 Å². The van der Waals surface area contributed by atoms with Gasteiger partial charge in [-0.1, -0.05) is 37.8 Å². The van der Waals surface area contributed by atoms with Crippen molar-refractivity contribution >= 4 is 22.1 Å². The number of allylic oxidation sites excluding steroid dienone is 2. The lowest BCUT2D eigenvalue weighted by Crippen LogP contribution is -2.30. The summed E-state index contributed by atoms with van der Waals surface area (Å²) in [6, 6.07) is 8.37. The summed E-state index contributed by atoms with van der Waals surface area (Å²) in [6.07, 6.45) is 10.3. The Morgan fingerprint density at radius 3 is 1.65 bits per heavy atom. The van der Waals surface area contributed by atoms with Gasteiger partial charge in [0.25, 0.3) is 0 Å². The molecule has 2 aliphatic carbocycles. The molecule has 8 nitrogen and oxygen atoms in total. The van der Waals surface area contributed by atoms with Crippen LogP contribution in [0.4, 0.5) is 13.2 Å². The van der Waals surface area contributed by atoms with E-state index in [9.17, 15) is 36.3 Å². The van der Waals surface area contributed by atoms with Crippen LogP contribution in [0.1, 0.15) is 83.2 Å². The minimum absolute atomic E-state index is 0.0855. The first-order valence-corrected chi connectivity index (χ1v) is 15.0. The fourth-order valence-corrected chi connectivity index (χ4v) is 6.24. The summed E-state index contributed by atoms with van der Waals surface area (Å²) in [6.45, 7) is 7.63. The molecule has 2 aliphatic rings. The van der Waals surface area contributed by atoms with Crippen molar-refractivity contribution in [1.29, 1.82) is 0 Å². The second-order valence-electron chi connectivity index (χ2n) is 10.5. The zero-order valence-electron chi connectivity index (χ0n) is 24.0. The first-order chi connectivity index (χ1) is 20.2. The number of hydrogen-bond donors (Lipinski definition) is 1. The van der Waals surface area contributed by atoms with Crippen molar-refractivity contribution in [3.05, 3.63) is 84.0 Å². The molecule has 0 saturated heterocycles. The first kappa shape index (κ1) is 33.7. The van der Waals surface area contributed by atoms with Crippen LogP contribution >= 0.6 is 0 Å². The van der Waals surface area contributed by atoms with Crippen molar-refractivity contribution in [3.8, 4) is 11.5 Å². The van der Waals surface area contributed by atoms with E-state index >= 15 is 0 Å². The molecule has 0 atom stereocenters. The average Bonchev–Trinajstić information content (AvgIpc) is 3.68. The van der Waals surface area contributed by atoms with Gasteiger partial charge in [0.05, 0.1) is 25.3 Å². The van der Waals surface area contributed by atoms with Crippen LogP contribution in [0.3, 0.4) is 0 Å². The molecule has 0 unspecified atom stereocenters. The Labute approximate surface area is 249 Å². The van der Waals surface area contributed by atoms with Gasteiger partial charge in [-0.05, 0) is 62.1 Å². The number of esters is 2. The number of aromatic hydroxyl groups is 1. The highest BCUT2D eigenvalue weighted by molar-refractivity contribution is 7.88. The number of halogens is 3. The van der Waals surface area contributed by atoms with E-state index in [1.807, 2.05) is 6.08 Å². The first-order valence-electron chi connectivity index (χ1n) is 13.6. The molecule has 0 bridgehead atoms. The predicted molar refractivity (Wildman–Crippen MR) is 154 cm³/mol. The molecule has 234 valence electrons. The molecule has 1 N–H and O–H groups in total. The zero-order valence-corrected chi connectivity index (χ0v) is 24.9. The molecule has 43 heavy (non-hydrogen) atoms. The topological polar surface area (TPSA) is 116 Å². The number of alkyl halides is 3. The minimum Gasteiger partial charge on any atom is -0.508 e. The molecule has 0 aromatic heterocycles. The number of hydrogen-bond acceptors (Lipinski definition) is 8. The molecular formula is C31H35F3O8S. The van der Waals surface area contributed by atoms with E-state index in [4.69, 9.17) is 4.74 Å². The third-order valence-electron chi connectivity index (χ3n) is 8.15. The fraction of sp³-hybridized carbons (Fsp3) is 0.419. The van der Waals surface area contributed by atoms with E-state index in [1.165, 1.54) is 20.3 Å². The number of phenols is 1. The third kappa shape index (κ3) is 7.06. The molecule has 2 fully saturated rings. The summed E-state index contributed by atoms with van der Waals surface area (Å²) < 4.78 is 74.4. The van der Waals surface area contributed by atoms with Gasteiger partial charge < -0.3 is 18.8 Å². The van der Waals surface area contributed by atoms with Gasteiger partial charge in [0.15, 0.2) is 0 Å². The van der Waals surface area contributed by atoms with Crippen LogP contribution in [0.15, 0.2) is 61.7 Å². The number of phenolic OH excluding ortho intramolecular Hbond substituents is 1. The van der Waals surface area contributed by atoms with Crippen LogP contribution in [-0.2, 0) is 30.4 Å². The fourth-order valence-electron chi connectivity index (χ4n) is 5.76. The summed E-state index contributed by atoms with van der Waals surface area (Å²) in [7, 11) is -3.31. The van der Waals surface area contributed by atoms with Crippen LogP contribution in [-0.4, -0.2) is 45.2 Å². The summed E-state index contributed by atoms with van der Waals surface area (Å²) in [5.41, 5.74) is -4.99. The lowest BCUT2D eigenvalue weighted by molar-refractivity contribution is -0.0500. The van der Waals surface area contributed by atoms with E-state index < -0.39 is 32.8 Å². The summed E-state index contributed by atoms with van der Waals surface area (Å²) in [4.78, 5) is 23.3. The Morgan fingerprint density at radius 2 is 1.23 bits per heavy atom. The van der Waals surface area contributed by atoms with Crippen molar-refractivity contribution in [3.63, 3.8) is 0 Å². The number of methoxy groups -OCH3 is 2. The Kier molecular flexibility index (Phi) is 10.4. The van der Waals surface area contributed by atoms with Crippen molar-refractivity contribution in [1.82, 2.24) is 0 Å². The van der Waals surface area contributed by atoms with E-state index in [0.717, 1.165) is 56.2 Å². The molecule has 2 saturated carbocycles. The van der Waals surface area contributed by atoms with Crippen molar-refractivity contribution in [2.75, 3.05) is 14.2 Å². The van der Waals surface area contributed by atoms with Gasteiger partial charge in [-0.3, -0.25) is 0 Å². The number of rotatable bonds is 8. The van der Waals surface area contributed by atoms with Crippen molar-refractivity contribution in [2.24, 2.45) is 0 Å². The standard InChI is InChI=1S/C16H17F3O5S.C15H18O3/c1-3-15(8-4-5-9-15)12-10-11(14(20)23-2)6-7-13(12)24-25(21,22)16(17,18)19;1-3-15(8-4-5-9-15)12-10-11(14(17)18-2)6-7-13(12)16/h3,6-7,10H,1,4-5,8-9H2,2H3;3,6-7,10,16H,1,4-5,8-9H2,2H3. The lowest BCUT2D eigenvalue weighted by atomic mass is 9.78. The van der Waals surface area contributed by atoms with Crippen LogP contribution in [0, 0.1) is 0 Å². The number of carbonyl (C=O) groups is 2. The second-order valence-corrected chi connectivity index (χ2v) is 12.1. The van der Waals surface area contributed by atoms with Crippen LogP contribution in [0.2, 0.25) is 0 Å². The predicted octanol–water partition coefficient (Wildman–Crippen LogP) is 6.88. The molecule has 0 aliphatic heterocycles. The minimum atomic E-state index is -5.83. The van der Waals surface area contributed by atoms with Crippen LogP contribution in [0.25, 0.3) is 0 Å². The van der Waals surface area contributed by atoms with Gasteiger partial charge in [-0.25, -0.2) is 9.59 Å². The molecular weight excluding hydrogens is 589 g/mol. The molecule has 0 spiro atoms. The SMILES string of the molecule is C=CC1(c2cc(C(=O)OC)ccc2O)CCCC1.C=CC1(c2cc(C(=O)OC)ccc2OS(=O)(=O)C(F)(F)F)CCCC1. The van der Waals surface area contributed by atoms with Crippen LogP contribution in [0.5, 0.6) is 11.5 Å². The molecule has 12 heteroatoms. The van der Waals surface area contributed by atoms with Gasteiger partial charge in [0.2, 0.25) is 0 Å². The number of benzene rings is 2. The maximum Gasteiger partial charge on any atom is 0.534 e. The summed E-state index contributed by atoms with van der Waals surface area (Å²) in [5.74, 6) is -1.31. The van der Waals surface area contributed by atoms with E-state index in [0.29, 0.717) is 18.4 Å². The Bertz CT molecular complexity index is 1470. The highest BCUT2D eigenvalue weighted by Crippen LogP contribution is 2.47. The maximum atomic E-state index is 12.7. The Morgan fingerprint density at radius 1 is 0.814 bits per heavy atom. The van der Waals surface area contributed by atoms with Gasteiger partial charge in [-0.15, -0.1) is 13.2 Å². The van der Waals surface area contributed by atoms with Crippen LogP contribution < -0.4 is 4.18 Å². The Balaban J connectivity index is 0.000000248. The maximum absolute atomic E-state index is 12.7. The van der Waals surface area contributed by atoms with E-state index in [2.05, 4.69) is 22.1 Å². The number of carbonyl (C=O) groups excluding carboxylic acids is 2. The third-order valence-corrected chi connectivity index (χ3v) is 9.11. The number of ether oxygens (including phenoxy) is 2. The van der Waals surface area contributed by atoms with Crippen molar-refractivity contribution < 1.29 is 49.9 Å². The summed E-state index contributed by atoms with van der Waals surface area (Å²) >= 11 is 0. The zero-order chi connectivity index (χ0) is 32.1. The molecule has 2 aromatic rings. The molecule has 2 aromatic carbocycles.